The van der Waals surface area contributed by atoms with Gasteiger partial charge in [-0.25, -0.2) is 21.8 Å². The number of fused-ring (bicyclic) bond motifs is 2. The third-order valence-electron chi connectivity index (χ3n) is 10.0. The van der Waals surface area contributed by atoms with Crippen molar-refractivity contribution < 1.29 is 44.6 Å². The quantitative estimate of drug-likeness (QED) is 0.0924. The molecule has 2 aliphatic rings. The lowest BCUT2D eigenvalue weighted by atomic mass is 9.91. The molecule has 1 aliphatic carbocycles. The van der Waals surface area contributed by atoms with Gasteiger partial charge < -0.3 is 18.6 Å². The van der Waals surface area contributed by atoms with E-state index in [4.69, 9.17) is 4.42 Å². The van der Waals surface area contributed by atoms with Gasteiger partial charge in [0.05, 0.1) is 16.4 Å². The highest BCUT2D eigenvalue weighted by atomic mass is 32.3. The Morgan fingerprint density at radius 1 is 0.807 bits per heavy atom. The number of nitrogens with zero attached hydrogens (tertiary/aromatic N) is 1. The summed E-state index contributed by atoms with van der Waals surface area (Å²) < 4.78 is 98.2. The van der Waals surface area contributed by atoms with Crippen molar-refractivity contribution in [3.8, 4) is 22.5 Å². The Labute approximate surface area is 331 Å². The van der Waals surface area contributed by atoms with Gasteiger partial charge in [-0.2, -0.15) is 8.78 Å². The van der Waals surface area contributed by atoms with E-state index in [-0.39, 0.29) is 12.0 Å². The molecule has 6 rings (SSSR count). The van der Waals surface area contributed by atoms with Crippen molar-refractivity contribution in [2.75, 3.05) is 11.9 Å². The van der Waals surface area contributed by atoms with Crippen LogP contribution in [0.5, 0.6) is 0 Å². The van der Waals surface area contributed by atoms with E-state index in [1.165, 1.54) is 26.0 Å². The van der Waals surface area contributed by atoms with Crippen LogP contribution in [0.15, 0.2) is 106 Å². The molecule has 2 N–H and O–H groups in total. The molecule has 0 bridgehead atoms. The van der Waals surface area contributed by atoms with Crippen molar-refractivity contribution in [1.29, 1.82) is 0 Å². The molecule has 0 atom stereocenters. The summed E-state index contributed by atoms with van der Waals surface area (Å²) in [5.74, 6) is -0.723. The number of carbonyl (C=O) groups is 1. The van der Waals surface area contributed by atoms with Gasteiger partial charge in [0.25, 0.3) is 0 Å². The van der Waals surface area contributed by atoms with Crippen molar-refractivity contribution in [3.05, 3.63) is 129 Å². The number of anilines is 2. The van der Waals surface area contributed by atoms with Crippen LogP contribution in [-0.4, -0.2) is 34.7 Å². The number of alkyl halides is 2. The maximum Gasteiger partial charge on any atom is 0.363 e. The van der Waals surface area contributed by atoms with Crippen LogP contribution in [0.4, 0.5) is 25.8 Å². The van der Waals surface area contributed by atoms with Gasteiger partial charge in [-0.1, -0.05) is 61.5 Å². The molecule has 1 aliphatic heterocycles. The number of aryl methyl sites for hydroxylation is 4. The minimum atomic E-state index is -6.09. The lowest BCUT2D eigenvalue weighted by Gasteiger charge is -2.29. The molecule has 0 saturated carbocycles. The van der Waals surface area contributed by atoms with E-state index >= 15 is 8.78 Å². The molecule has 0 spiro atoms. The van der Waals surface area contributed by atoms with Crippen LogP contribution < -0.4 is 15.7 Å². The van der Waals surface area contributed by atoms with Crippen molar-refractivity contribution in [3.63, 3.8) is 0 Å². The summed E-state index contributed by atoms with van der Waals surface area (Å²) >= 11 is 0. The van der Waals surface area contributed by atoms with Crippen LogP contribution in [0.2, 0.25) is 0 Å². The number of rotatable bonds is 12. The number of carbonyl (C=O) groups excluding carboxylic acids is 1. The number of halogens is 2. The second-order valence-corrected chi connectivity index (χ2v) is 18.2. The van der Waals surface area contributed by atoms with Crippen LogP contribution in [0.3, 0.4) is 0 Å². The van der Waals surface area contributed by atoms with Gasteiger partial charge in [-0.05, 0) is 83.4 Å². The van der Waals surface area contributed by atoms with E-state index in [1.807, 2.05) is 64.1 Å². The minimum Gasteiger partial charge on any atom is -0.458 e. The molecular weight excluding hydrogens is 773 g/mol. The normalized spacial score (nSPS) is 13.0. The summed E-state index contributed by atoms with van der Waals surface area (Å²) in [6, 6.07) is 27.9. The van der Waals surface area contributed by atoms with Gasteiger partial charge in [0.1, 0.15) is 21.4 Å². The highest BCUT2D eigenvalue weighted by Gasteiger charge is 2.43. The predicted octanol–water partition coefficient (Wildman–Crippen LogP) is 8.46. The first-order valence-electron chi connectivity index (χ1n) is 18.1. The number of para-hydroxylation sites is 2. The van der Waals surface area contributed by atoms with Crippen LogP contribution in [0.1, 0.15) is 49.4 Å². The number of benzene rings is 5. The average molecular weight is 816 g/mol. The lowest BCUT2D eigenvalue weighted by molar-refractivity contribution is -0.403. The summed E-state index contributed by atoms with van der Waals surface area (Å²) in [6.45, 7) is 10.5. The largest absolute Gasteiger partial charge is 0.458 e. The number of esters is 1. The van der Waals surface area contributed by atoms with Crippen LogP contribution in [0.25, 0.3) is 37.5 Å². The summed E-state index contributed by atoms with van der Waals surface area (Å²) in [4.78, 5) is 15.2. The van der Waals surface area contributed by atoms with Crippen LogP contribution in [0, 0.1) is 33.1 Å². The van der Waals surface area contributed by atoms with Gasteiger partial charge >= 0.3 is 11.2 Å². The zero-order valence-corrected chi connectivity index (χ0v) is 34.2. The fourth-order valence-electron chi connectivity index (χ4n) is 6.33. The molecule has 0 amide bonds. The van der Waals surface area contributed by atoms with E-state index in [2.05, 4.69) is 19.2 Å². The molecular formula is C43H43F2N3O7S2. The average Bonchev–Trinajstić information content (AvgIpc) is 3.15. The smallest absolute Gasteiger partial charge is 0.363 e. The fraction of sp³-hybridized carbons (Fsp3) is 0.256. The highest BCUT2D eigenvalue weighted by molar-refractivity contribution is 8.12. The van der Waals surface area contributed by atoms with Crippen molar-refractivity contribution in [2.45, 2.75) is 65.0 Å². The molecule has 0 fully saturated rings. The topological polar surface area (TPSA) is 148 Å². The first-order valence-corrected chi connectivity index (χ1v) is 21.0. The minimum absolute atomic E-state index is 0.00685. The Balaban J connectivity index is 1.51. The third-order valence-corrected chi connectivity index (χ3v) is 13.4. The van der Waals surface area contributed by atoms with E-state index in [0.717, 1.165) is 39.7 Å². The van der Waals surface area contributed by atoms with E-state index < -0.39 is 48.2 Å². The van der Waals surface area contributed by atoms with Gasteiger partial charge in [-0.3, -0.25) is 4.79 Å². The Kier molecular flexibility index (Phi) is 11.2. The molecule has 4 aromatic rings. The first-order chi connectivity index (χ1) is 26.7. The molecule has 0 saturated heterocycles. The second-order valence-electron chi connectivity index (χ2n) is 14.7. The molecule has 0 radical (unpaired) electrons. The zero-order chi connectivity index (χ0) is 41.5. The maximum absolute atomic E-state index is 15.2. The van der Waals surface area contributed by atoms with Crippen molar-refractivity contribution in [2.24, 2.45) is 5.41 Å². The summed E-state index contributed by atoms with van der Waals surface area (Å²) in [7, 11) is -11.4. The van der Waals surface area contributed by atoms with Crippen LogP contribution >= 0.6 is 0 Å². The number of ether oxygens (including phenoxy) is 1. The van der Waals surface area contributed by atoms with Gasteiger partial charge in [0.2, 0.25) is 11.0 Å². The van der Waals surface area contributed by atoms with Gasteiger partial charge in [-0.15, -0.1) is 0 Å². The Bertz CT molecular complexity index is 2760. The molecule has 298 valence electrons. The van der Waals surface area contributed by atoms with Crippen molar-refractivity contribution >= 4 is 54.0 Å². The zero-order valence-electron chi connectivity index (χ0n) is 32.5. The fourth-order valence-corrected chi connectivity index (χ4v) is 9.03. The molecule has 10 nitrogen and oxygen atoms in total. The second kappa shape index (κ2) is 15.5. The Morgan fingerprint density at radius 3 is 2.09 bits per heavy atom. The Hall–Kier alpha value is -5.44. The molecule has 0 unspecified atom stereocenters. The van der Waals surface area contributed by atoms with Gasteiger partial charge in [0.15, 0.2) is 16.6 Å². The van der Waals surface area contributed by atoms with Crippen molar-refractivity contribution in [1.82, 2.24) is 0 Å². The highest BCUT2D eigenvalue weighted by Crippen LogP contribution is 2.44. The molecule has 0 aromatic heterocycles. The third kappa shape index (κ3) is 8.34. The van der Waals surface area contributed by atoms with E-state index in [0.29, 0.717) is 38.9 Å². The standard InChI is InChI=1S/C43H42F2N3O7S2/c1-8-42(6,7)41(49)54-25-43(44,45)57(52,53)48-56(50,51)37-18-10-9-17-34(37)38-32-21-19-30(46-39-26(2)13-11-14-27(39)3)23-35(32)55-36-24-31(20-22-33(36)38)47-40-28(4)15-12-16-29(40)5/h9-24H,8,25H2,1-7H3,(H,46,47)/q-1/p+1. The monoisotopic (exact) mass is 815 g/mol. The van der Waals surface area contributed by atoms with Gasteiger partial charge in [0, 0.05) is 56.7 Å². The molecule has 1 heterocycles. The maximum atomic E-state index is 15.2. The summed E-state index contributed by atoms with van der Waals surface area (Å²) in [5.41, 5.74) is 6.47. The first kappa shape index (κ1) is 41.2. The van der Waals surface area contributed by atoms with E-state index in [9.17, 15) is 21.6 Å². The lowest BCUT2D eigenvalue weighted by Crippen LogP contribution is -2.71. The number of hydrogen-bond acceptors (Lipinski definition) is 8. The van der Waals surface area contributed by atoms with E-state index in [1.54, 1.807) is 49.4 Å². The van der Waals surface area contributed by atoms with Crippen LogP contribution in [-0.2, 0) is 29.6 Å². The number of sulfonamides is 2. The number of hydrogen-bond donors (Lipinski definition) is 2. The Morgan fingerprint density at radius 2 is 1.44 bits per heavy atom. The summed E-state index contributed by atoms with van der Waals surface area (Å²) in [5, 5.41) is -0.279. The number of nitrogens with one attached hydrogen (secondary N) is 2. The summed E-state index contributed by atoms with van der Waals surface area (Å²) in [6.07, 6.45) is 0.226. The molecule has 4 aromatic carbocycles. The molecule has 57 heavy (non-hydrogen) atoms. The predicted molar refractivity (Wildman–Crippen MR) is 217 cm³/mol. The molecule has 14 heteroatoms. The SMILES string of the molecule is CCC(C)(C)C(=O)OCC(F)(F)S(=O)(=O)[N-]S(=O)(=O)c1ccccc1-c1c2ccc(=[NH+]c3c(C)cccc3C)cc-2oc2cc(Nc3c(C)cccc3C)ccc12.